The third-order valence-corrected chi connectivity index (χ3v) is 2.55. The predicted octanol–water partition coefficient (Wildman–Crippen LogP) is 0.857. The second-order valence-electron chi connectivity index (χ2n) is 4.33. The van der Waals surface area contributed by atoms with E-state index in [1.54, 1.807) is 4.68 Å². The van der Waals surface area contributed by atoms with Crippen molar-refractivity contribution in [3.63, 3.8) is 0 Å². The molecule has 5 heteroatoms. The van der Waals surface area contributed by atoms with Crippen molar-refractivity contribution >= 4 is 0 Å². The van der Waals surface area contributed by atoms with Crippen molar-refractivity contribution < 1.29 is 0 Å². The van der Waals surface area contributed by atoms with Crippen LogP contribution in [0.25, 0.3) is 0 Å². The molecule has 0 spiro atoms. The molecule has 0 radical (unpaired) electrons. The Morgan fingerprint density at radius 1 is 1.50 bits per heavy atom. The Morgan fingerprint density at radius 3 is 2.81 bits per heavy atom. The molecule has 2 N–H and O–H groups in total. The first-order chi connectivity index (χ1) is 7.67. The maximum absolute atomic E-state index is 5.47. The number of hydrogen-bond donors (Lipinski definition) is 1. The van der Waals surface area contributed by atoms with Crippen LogP contribution in [0, 0.1) is 0 Å². The van der Waals surface area contributed by atoms with E-state index in [0.29, 0.717) is 12.6 Å². The van der Waals surface area contributed by atoms with Crippen LogP contribution < -0.4 is 5.73 Å². The molecule has 1 rings (SSSR count). The minimum Gasteiger partial charge on any atom is -0.329 e. The molecule has 0 aromatic carbocycles. The van der Waals surface area contributed by atoms with E-state index < -0.39 is 0 Å². The Bertz CT molecular complexity index is 294. The Morgan fingerprint density at radius 2 is 2.25 bits per heavy atom. The largest absolute Gasteiger partial charge is 0.329 e. The fourth-order valence-corrected chi connectivity index (χ4v) is 1.67. The van der Waals surface area contributed by atoms with Crippen LogP contribution in [-0.2, 0) is 13.1 Å². The first kappa shape index (κ1) is 13.1. The summed E-state index contributed by atoms with van der Waals surface area (Å²) in [7, 11) is 0. The van der Waals surface area contributed by atoms with Gasteiger partial charge in [0.15, 0.2) is 0 Å². The zero-order chi connectivity index (χ0) is 12.0. The van der Waals surface area contributed by atoms with Gasteiger partial charge in [-0.3, -0.25) is 9.58 Å². The van der Waals surface area contributed by atoms with Gasteiger partial charge >= 0.3 is 0 Å². The lowest BCUT2D eigenvalue weighted by molar-refractivity contribution is 0.210. The topological polar surface area (TPSA) is 60.0 Å². The molecule has 5 nitrogen and oxygen atoms in total. The fourth-order valence-electron chi connectivity index (χ4n) is 1.67. The molecule has 0 unspecified atom stereocenters. The number of nitrogens with two attached hydrogens (primary N) is 1. The molecule has 0 fully saturated rings. The third kappa shape index (κ3) is 3.90. The highest BCUT2D eigenvalue weighted by atomic mass is 15.4. The van der Waals surface area contributed by atoms with Crippen molar-refractivity contribution in [1.82, 2.24) is 19.9 Å². The van der Waals surface area contributed by atoms with Crippen molar-refractivity contribution in [3.05, 3.63) is 11.9 Å². The average molecular weight is 225 g/mol. The lowest BCUT2D eigenvalue weighted by Crippen LogP contribution is -2.31. The minimum atomic E-state index is 0.541. The quantitative estimate of drug-likeness (QED) is 0.747. The van der Waals surface area contributed by atoms with Crippen LogP contribution in [0.2, 0.25) is 0 Å². The molecule has 0 saturated carbocycles. The van der Waals surface area contributed by atoms with Gasteiger partial charge in [0.2, 0.25) is 0 Å². The SMILES string of the molecule is CCCN(Cc1cn(CCN)nn1)C(C)C. The van der Waals surface area contributed by atoms with Gasteiger partial charge in [0.05, 0.1) is 12.2 Å². The fraction of sp³-hybridized carbons (Fsp3) is 0.818. The van der Waals surface area contributed by atoms with Gasteiger partial charge in [-0.25, -0.2) is 0 Å². The van der Waals surface area contributed by atoms with Gasteiger partial charge in [-0.05, 0) is 26.8 Å². The molecular weight excluding hydrogens is 202 g/mol. The van der Waals surface area contributed by atoms with E-state index in [0.717, 1.165) is 31.7 Å². The van der Waals surface area contributed by atoms with Gasteiger partial charge in [0.25, 0.3) is 0 Å². The van der Waals surface area contributed by atoms with E-state index in [2.05, 4.69) is 36.0 Å². The van der Waals surface area contributed by atoms with E-state index in [1.165, 1.54) is 0 Å². The summed E-state index contributed by atoms with van der Waals surface area (Å²) in [5, 5.41) is 8.19. The van der Waals surface area contributed by atoms with Gasteiger partial charge in [0.1, 0.15) is 0 Å². The zero-order valence-corrected chi connectivity index (χ0v) is 10.6. The molecule has 0 aliphatic carbocycles. The second-order valence-corrected chi connectivity index (χ2v) is 4.33. The molecule has 0 aliphatic rings. The van der Waals surface area contributed by atoms with E-state index in [1.807, 2.05) is 6.20 Å². The maximum Gasteiger partial charge on any atom is 0.0967 e. The van der Waals surface area contributed by atoms with Crippen LogP contribution in [0.15, 0.2) is 6.20 Å². The summed E-state index contributed by atoms with van der Waals surface area (Å²) in [4.78, 5) is 2.40. The van der Waals surface area contributed by atoms with E-state index >= 15 is 0 Å². The minimum absolute atomic E-state index is 0.541. The van der Waals surface area contributed by atoms with Crippen LogP contribution >= 0.6 is 0 Å². The van der Waals surface area contributed by atoms with Crippen LogP contribution in [0.3, 0.4) is 0 Å². The summed E-state index contributed by atoms with van der Waals surface area (Å²) < 4.78 is 1.81. The normalized spacial score (nSPS) is 11.6. The third-order valence-electron chi connectivity index (χ3n) is 2.55. The molecule has 16 heavy (non-hydrogen) atoms. The van der Waals surface area contributed by atoms with Crippen molar-refractivity contribution in [3.8, 4) is 0 Å². The molecule has 0 atom stereocenters. The van der Waals surface area contributed by atoms with Gasteiger partial charge < -0.3 is 5.73 Å². The molecule has 0 bridgehead atoms. The Labute approximate surface area is 97.6 Å². The van der Waals surface area contributed by atoms with Crippen LogP contribution in [0.1, 0.15) is 32.9 Å². The Kier molecular flexibility index (Phi) is 5.42. The molecule has 1 heterocycles. The first-order valence-corrected chi connectivity index (χ1v) is 6.00. The number of hydrogen-bond acceptors (Lipinski definition) is 4. The summed E-state index contributed by atoms with van der Waals surface area (Å²) in [5.74, 6) is 0. The molecule has 1 aromatic heterocycles. The molecule has 1 aromatic rings. The lowest BCUT2D eigenvalue weighted by Gasteiger charge is -2.24. The van der Waals surface area contributed by atoms with Gasteiger partial charge in [-0.15, -0.1) is 5.10 Å². The predicted molar refractivity (Wildman–Crippen MR) is 64.9 cm³/mol. The summed E-state index contributed by atoms with van der Waals surface area (Å²) in [5.41, 5.74) is 6.49. The van der Waals surface area contributed by atoms with Crippen molar-refractivity contribution in [2.24, 2.45) is 5.73 Å². The summed E-state index contributed by atoms with van der Waals surface area (Å²) >= 11 is 0. The van der Waals surface area contributed by atoms with Crippen molar-refractivity contribution in [1.29, 1.82) is 0 Å². The average Bonchev–Trinajstić information content (AvgIpc) is 2.65. The van der Waals surface area contributed by atoms with Gasteiger partial charge in [0, 0.05) is 25.3 Å². The monoisotopic (exact) mass is 225 g/mol. The van der Waals surface area contributed by atoms with Crippen molar-refractivity contribution in [2.75, 3.05) is 13.1 Å². The number of rotatable bonds is 7. The smallest absolute Gasteiger partial charge is 0.0967 e. The summed E-state index contributed by atoms with van der Waals surface area (Å²) in [6.07, 6.45) is 3.15. The highest BCUT2D eigenvalue weighted by Crippen LogP contribution is 2.06. The first-order valence-electron chi connectivity index (χ1n) is 6.00. The molecular formula is C11H23N5. The standard InChI is InChI=1S/C11H23N5/c1-4-6-15(10(2)3)8-11-9-16(7-5-12)14-13-11/h9-10H,4-8,12H2,1-3H3. The van der Waals surface area contributed by atoms with Crippen molar-refractivity contribution in [2.45, 2.75) is 46.3 Å². The summed E-state index contributed by atoms with van der Waals surface area (Å²) in [6.45, 7) is 9.92. The lowest BCUT2D eigenvalue weighted by atomic mass is 10.2. The van der Waals surface area contributed by atoms with E-state index in [9.17, 15) is 0 Å². The highest BCUT2D eigenvalue weighted by Gasteiger charge is 2.11. The zero-order valence-electron chi connectivity index (χ0n) is 10.6. The second kappa shape index (κ2) is 6.60. The highest BCUT2D eigenvalue weighted by molar-refractivity contribution is 4.92. The van der Waals surface area contributed by atoms with Crippen LogP contribution in [0.4, 0.5) is 0 Å². The molecule has 0 saturated heterocycles. The van der Waals surface area contributed by atoms with Crippen LogP contribution in [-0.4, -0.2) is 39.0 Å². The Balaban J connectivity index is 2.55. The van der Waals surface area contributed by atoms with Gasteiger partial charge in [-0.1, -0.05) is 12.1 Å². The maximum atomic E-state index is 5.47. The van der Waals surface area contributed by atoms with Crippen LogP contribution in [0.5, 0.6) is 0 Å². The van der Waals surface area contributed by atoms with E-state index in [4.69, 9.17) is 5.73 Å². The number of nitrogens with zero attached hydrogens (tertiary/aromatic N) is 4. The Hall–Kier alpha value is -0.940. The summed E-state index contributed by atoms with van der Waals surface area (Å²) in [6, 6.07) is 0.541. The number of aromatic nitrogens is 3. The van der Waals surface area contributed by atoms with Gasteiger partial charge in [-0.2, -0.15) is 0 Å². The molecule has 0 aliphatic heterocycles. The molecule has 0 amide bonds. The molecule has 92 valence electrons. The van der Waals surface area contributed by atoms with E-state index in [-0.39, 0.29) is 0 Å².